The van der Waals surface area contributed by atoms with Crippen LogP contribution in [0.5, 0.6) is 0 Å². The highest BCUT2D eigenvalue weighted by atomic mass is 35.5. The highest BCUT2D eigenvalue weighted by Crippen LogP contribution is 2.36. The quantitative estimate of drug-likeness (QED) is 0.432. The summed E-state index contributed by atoms with van der Waals surface area (Å²) in [6.07, 6.45) is 0. The van der Waals surface area contributed by atoms with Crippen LogP contribution in [0, 0.1) is 0 Å². The summed E-state index contributed by atoms with van der Waals surface area (Å²) in [6.45, 7) is 4.48. The van der Waals surface area contributed by atoms with E-state index in [1.165, 1.54) is 24.0 Å². The van der Waals surface area contributed by atoms with Gasteiger partial charge in [-0.15, -0.1) is 11.3 Å². The van der Waals surface area contributed by atoms with E-state index in [2.05, 4.69) is 15.1 Å². The van der Waals surface area contributed by atoms with Crippen LogP contribution in [0.3, 0.4) is 0 Å². The van der Waals surface area contributed by atoms with Crippen LogP contribution in [0.15, 0.2) is 53.9 Å². The number of nitrogens with zero attached hydrogens (tertiary/aromatic N) is 2. The first kappa shape index (κ1) is 24.7. The minimum atomic E-state index is -0.489. The Morgan fingerprint density at radius 1 is 0.941 bits per heavy atom. The molecule has 1 aromatic heterocycles. The van der Waals surface area contributed by atoms with Crippen LogP contribution in [0.2, 0.25) is 10.0 Å². The molecule has 9 heteroatoms. The van der Waals surface area contributed by atoms with Crippen molar-refractivity contribution < 1.29 is 14.3 Å². The Kier molecular flexibility index (Phi) is 8.24. The average Bonchev–Trinajstić information content (AvgIpc) is 3.25. The maximum Gasteiger partial charge on any atom is 0.341 e. The molecule has 1 aliphatic heterocycles. The summed E-state index contributed by atoms with van der Waals surface area (Å²) in [5.74, 6) is -0.641. The van der Waals surface area contributed by atoms with Gasteiger partial charge in [0.25, 0.3) is 0 Å². The summed E-state index contributed by atoms with van der Waals surface area (Å²) in [5, 5.41) is 6.60. The minimum absolute atomic E-state index is 0.152. The van der Waals surface area contributed by atoms with E-state index in [9.17, 15) is 9.59 Å². The molecule has 0 radical (unpaired) electrons. The van der Waals surface area contributed by atoms with Gasteiger partial charge in [-0.25, -0.2) is 4.79 Å². The molecule has 0 atom stereocenters. The van der Waals surface area contributed by atoms with E-state index in [1.54, 1.807) is 12.1 Å². The molecule has 0 aliphatic carbocycles. The van der Waals surface area contributed by atoms with Crippen molar-refractivity contribution in [3.05, 3.63) is 75.1 Å². The number of benzene rings is 2. The van der Waals surface area contributed by atoms with Crippen molar-refractivity contribution in [1.82, 2.24) is 9.80 Å². The van der Waals surface area contributed by atoms with E-state index in [1.807, 2.05) is 41.8 Å². The molecule has 6 nitrogen and oxygen atoms in total. The van der Waals surface area contributed by atoms with Crippen molar-refractivity contribution in [2.24, 2.45) is 0 Å². The molecule has 34 heavy (non-hydrogen) atoms. The fraction of sp³-hybridized carbons (Fsp3) is 0.280. The number of hydrogen-bond donors (Lipinski definition) is 1. The van der Waals surface area contributed by atoms with Gasteiger partial charge in [0, 0.05) is 53.7 Å². The lowest BCUT2D eigenvalue weighted by Gasteiger charge is -2.34. The first-order valence-corrected chi connectivity index (χ1v) is 12.5. The van der Waals surface area contributed by atoms with Gasteiger partial charge in [-0.2, -0.15) is 0 Å². The normalized spacial score (nSPS) is 14.7. The molecule has 1 saturated heterocycles. The summed E-state index contributed by atoms with van der Waals surface area (Å²) < 4.78 is 4.99. The molecule has 2 heterocycles. The Hall–Kier alpha value is -2.42. The molecule has 4 rings (SSSR count). The second kappa shape index (κ2) is 11.3. The van der Waals surface area contributed by atoms with E-state index in [4.69, 9.17) is 27.9 Å². The SMILES string of the molecule is COC(=O)c1c(-c2ccc(Cl)cc2)csc1NC(=O)CN1CCN(Cc2ccc(Cl)cc2)CC1. The fourth-order valence-electron chi connectivity index (χ4n) is 3.92. The van der Waals surface area contributed by atoms with E-state index in [0.29, 0.717) is 21.2 Å². The van der Waals surface area contributed by atoms with Crippen LogP contribution in [0.1, 0.15) is 15.9 Å². The first-order valence-electron chi connectivity index (χ1n) is 10.9. The van der Waals surface area contributed by atoms with Crippen LogP contribution in [-0.2, 0) is 16.1 Å². The highest BCUT2D eigenvalue weighted by Gasteiger charge is 2.24. The Morgan fingerprint density at radius 3 is 2.15 bits per heavy atom. The highest BCUT2D eigenvalue weighted by molar-refractivity contribution is 7.15. The summed E-state index contributed by atoms with van der Waals surface area (Å²) in [7, 11) is 1.33. The molecule has 1 N–H and O–H groups in total. The van der Waals surface area contributed by atoms with Crippen LogP contribution in [-0.4, -0.2) is 61.5 Å². The van der Waals surface area contributed by atoms with Gasteiger partial charge in [-0.1, -0.05) is 47.5 Å². The Bertz CT molecular complexity index is 1140. The summed E-state index contributed by atoms with van der Waals surface area (Å²) in [4.78, 5) is 29.8. The van der Waals surface area contributed by atoms with Gasteiger partial charge in [0.15, 0.2) is 0 Å². The van der Waals surface area contributed by atoms with Crippen LogP contribution in [0.25, 0.3) is 11.1 Å². The lowest BCUT2D eigenvalue weighted by molar-refractivity contribution is -0.117. The smallest absolute Gasteiger partial charge is 0.341 e. The number of methoxy groups -OCH3 is 1. The summed E-state index contributed by atoms with van der Waals surface area (Å²) in [6, 6.07) is 15.1. The number of ether oxygens (including phenoxy) is 1. The predicted molar refractivity (Wildman–Crippen MR) is 138 cm³/mol. The maximum atomic E-state index is 12.8. The van der Waals surface area contributed by atoms with Gasteiger partial charge in [0.2, 0.25) is 5.91 Å². The van der Waals surface area contributed by atoms with Crippen molar-refractivity contribution >= 4 is 51.4 Å². The molecule has 0 spiro atoms. The van der Waals surface area contributed by atoms with Crippen LogP contribution >= 0.6 is 34.5 Å². The van der Waals surface area contributed by atoms with Gasteiger partial charge in [-0.05, 0) is 35.4 Å². The van der Waals surface area contributed by atoms with Gasteiger partial charge in [-0.3, -0.25) is 14.6 Å². The topological polar surface area (TPSA) is 61.9 Å². The van der Waals surface area contributed by atoms with Gasteiger partial charge in [0.05, 0.1) is 13.7 Å². The monoisotopic (exact) mass is 517 g/mol. The number of amides is 1. The number of esters is 1. The number of halogens is 2. The number of piperazine rings is 1. The molecule has 1 amide bonds. The molecular formula is C25H25Cl2N3O3S. The van der Waals surface area contributed by atoms with Gasteiger partial charge >= 0.3 is 5.97 Å². The zero-order valence-corrected chi connectivity index (χ0v) is 21.1. The second-order valence-electron chi connectivity index (χ2n) is 8.08. The zero-order valence-electron chi connectivity index (χ0n) is 18.7. The van der Waals surface area contributed by atoms with Gasteiger partial charge < -0.3 is 10.1 Å². The van der Waals surface area contributed by atoms with E-state index in [0.717, 1.165) is 43.3 Å². The lowest BCUT2D eigenvalue weighted by atomic mass is 10.0. The first-order chi connectivity index (χ1) is 16.4. The van der Waals surface area contributed by atoms with E-state index < -0.39 is 5.97 Å². The Morgan fingerprint density at radius 2 is 1.53 bits per heavy atom. The Balaban J connectivity index is 1.35. The van der Waals surface area contributed by atoms with Crippen LogP contribution < -0.4 is 5.32 Å². The average molecular weight is 518 g/mol. The molecule has 3 aromatic rings. The molecule has 1 aliphatic rings. The van der Waals surface area contributed by atoms with Crippen molar-refractivity contribution in [2.75, 3.05) is 45.2 Å². The number of rotatable bonds is 7. The van der Waals surface area contributed by atoms with E-state index >= 15 is 0 Å². The van der Waals surface area contributed by atoms with Crippen LogP contribution in [0.4, 0.5) is 5.00 Å². The van der Waals surface area contributed by atoms with Crippen molar-refractivity contribution in [2.45, 2.75) is 6.54 Å². The summed E-state index contributed by atoms with van der Waals surface area (Å²) in [5.41, 5.74) is 3.12. The third kappa shape index (κ3) is 6.17. The molecule has 2 aromatic carbocycles. The van der Waals surface area contributed by atoms with Gasteiger partial charge in [0.1, 0.15) is 10.6 Å². The molecular weight excluding hydrogens is 493 g/mol. The molecule has 0 bridgehead atoms. The maximum absolute atomic E-state index is 12.8. The van der Waals surface area contributed by atoms with Crippen molar-refractivity contribution in [3.8, 4) is 11.1 Å². The third-order valence-corrected chi connectivity index (χ3v) is 7.14. The number of hydrogen-bond acceptors (Lipinski definition) is 6. The summed E-state index contributed by atoms with van der Waals surface area (Å²) >= 11 is 13.3. The number of thiophene rings is 1. The molecule has 0 saturated carbocycles. The predicted octanol–water partition coefficient (Wildman–Crippen LogP) is 5.26. The molecule has 0 unspecified atom stereocenters. The fourth-order valence-corrected chi connectivity index (χ4v) is 5.14. The number of nitrogens with one attached hydrogen (secondary N) is 1. The third-order valence-electron chi connectivity index (χ3n) is 5.74. The minimum Gasteiger partial charge on any atom is -0.465 e. The number of anilines is 1. The second-order valence-corrected chi connectivity index (χ2v) is 9.83. The largest absolute Gasteiger partial charge is 0.465 e. The standard InChI is InChI=1S/C25H25Cl2N3O3S/c1-33-25(32)23-21(18-4-8-20(27)9-5-18)16-34-24(23)28-22(31)15-30-12-10-29(11-13-30)14-17-2-6-19(26)7-3-17/h2-9,16H,10-15H2,1H3,(H,28,31). The van der Waals surface area contributed by atoms with E-state index in [-0.39, 0.29) is 12.5 Å². The number of carbonyl (C=O) groups is 2. The molecule has 1 fully saturated rings. The van der Waals surface area contributed by atoms with Crippen molar-refractivity contribution in [1.29, 1.82) is 0 Å². The Labute approximate surface area is 213 Å². The zero-order chi connectivity index (χ0) is 24.1. The molecule has 178 valence electrons. The lowest BCUT2D eigenvalue weighted by Crippen LogP contribution is -2.48. The number of carbonyl (C=O) groups excluding carboxylic acids is 2. The van der Waals surface area contributed by atoms with Crippen molar-refractivity contribution in [3.63, 3.8) is 0 Å².